The van der Waals surface area contributed by atoms with E-state index in [1.54, 1.807) is 54.7 Å². The molecule has 2 aromatic heterocycles. The van der Waals surface area contributed by atoms with Crippen molar-refractivity contribution in [2.75, 3.05) is 4.90 Å². The quantitative estimate of drug-likeness (QED) is 0.359. The fourth-order valence-electron chi connectivity index (χ4n) is 3.96. The first-order valence-corrected chi connectivity index (χ1v) is 10.2. The molecule has 5 nitrogen and oxygen atoms in total. The van der Waals surface area contributed by atoms with Crippen LogP contribution < -0.4 is 4.90 Å². The summed E-state index contributed by atoms with van der Waals surface area (Å²) in [5.41, 5.74) is -0.217. The van der Waals surface area contributed by atoms with Gasteiger partial charge in [0.25, 0.3) is 5.91 Å². The number of imide groups is 1. The number of aromatic nitrogens is 2. The lowest BCUT2D eigenvalue weighted by molar-refractivity contribution is -0.138. The standard InChI is InChI=1S/C24H13ClF3N3O2/c25-18-6-2-1-5-16(18)20-17-11-14(24(26,27)28)12-30-21(17)23(33)31(22(20)32)15-7-8-19-13(10-15)4-3-9-29-19/h1-12,20H. The third kappa shape index (κ3) is 3.52. The monoisotopic (exact) mass is 467 g/mol. The molecule has 5 rings (SSSR count). The van der Waals surface area contributed by atoms with E-state index >= 15 is 0 Å². The molecule has 1 aliphatic heterocycles. The predicted octanol–water partition coefficient (Wildman–Crippen LogP) is 5.62. The molecule has 1 aliphatic rings. The minimum absolute atomic E-state index is 0.133. The highest BCUT2D eigenvalue weighted by molar-refractivity contribution is 6.33. The van der Waals surface area contributed by atoms with Gasteiger partial charge < -0.3 is 0 Å². The lowest BCUT2D eigenvalue weighted by atomic mass is 9.84. The Kier molecular flexibility index (Phi) is 4.90. The normalized spacial score (nSPS) is 16.2. The van der Waals surface area contributed by atoms with Crippen LogP contribution in [-0.2, 0) is 11.0 Å². The number of benzene rings is 2. The van der Waals surface area contributed by atoms with Crippen LogP contribution in [0.2, 0.25) is 5.02 Å². The van der Waals surface area contributed by atoms with Crippen molar-refractivity contribution in [1.29, 1.82) is 0 Å². The van der Waals surface area contributed by atoms with Gasteiger partial charge in [0.1, 0.15) is 5.69 Å². The molecule has 0 bridgehead atoms. The SMILES string of the molecule is O=C1c2ncc(C(F)(F)F)cc2C(c2ccccc2Cl)C(=O)N1c1ccc2ncccc2c1. The zero-order valence-corrected chi connectivity index (χ0v) is 17.4. The molecule has 0 radical (unpaired) electrons. The van der Waals surface area contributed by atoms with Crippen LogP contribution in [0.1, 0.15) is 33.1 Å². The number of carbonyl (C=O) groups excluding carboxylic acids is 2. The van der Waals surface area contributed by atoms with Crippen molar-refractivity contribution >= 4 is 40.0 Å². The van der Waals surface area contributed by atoms with Gasteiger partial charge in [0.15, 0.2) is 0 Å². The van der Waals surface area contributed by atoms with E-state index in [1.807, 2.05) is 0 Å². The van der Waals surface area contributed by atoms with Crippen LogP contribution in [0, 0.1) is 0 Å². The molecule has 2 amide bonds. The van der Waals surface area contributed by atoms with E-state index in [0.717, 1.165) is 11.0 Å². The third-order valence-corrected chi connectivity index (χ3v) is 5.83. The average molecular weight is 468 g/mol. The summed E-state index contributed by atoms with van der Waals surface area (Å²) >= 11 is 6.32. The Morgan fingerprint density at radius 1 is 0.909 bits per heavy atom. The van der Waals surface area contributed by atoms with E-state index in [2.05, 4.69) is 9.97 Å². The van der Waals surface area contributed by atoms with E-state index in [0.29, 0.717) is 17.1 Å². The number of fused-ring (bicyclic) bond motifs is 2. The molecule has 2 aromatic carbocycles. The van der Waals surface area contributed by atoms with Gasteiger partial charge >= 0.3 is 6.18 Å². The fourth-order valence-corrected chi connectivity index (χ4v) is 4.20. The Bertz CT molecular complexity index is 1440. The topological polar surface area (TPSA) is 63.2 Å². The molecule has 0 spiro atoms. The maximum absolute atomic E-state index is 13.7. The molecule has 0 fully saturated rings. The molecular weight excluding hydrogens is 455 g/mol. The van der Waals surface area contributed by atoms with Crippen LogP contribution in [-0.4, -0.2) is 21.8 Å². The number of alkyl halides is 3. The van der Waals surface area contributed by atoms with Gasteiger partial charge in [-0.15, -0.1) is 0 Å². The molecule has 0 saturated heterocycles. The van der Waals surface area contributed by atoms with E-state index in [4.69, 9.17) is 11.6 Å². The fraction of sp³-hybridized carbons (Fsp3) is 0.0833. The minimum atomic E-state index is -4.69. The maximum atomic E-state index is 13.7. The Balaban J connectivity index is 1.74. The number of hydrogen-bond acceptors (Lipinski definition) is 4. The molecule has 1 atom stereocenters. The first-order valence-electron chi connectivity index (χ1n) is 9.80. The molecule has 9 heteroatoms. The summed E-state index contributed by atoms with van der Waals surface area (Å²) in [4.78, 5) is 36.0. The number of carbonyl (C=O) groups is 2. The lowest BCUT2D eigenvalue weighted by Crippen LogP contribution is -2.46. The molecule has 0 aliphatic carbocycles. The van der Waals surface area contributed by atoms with Gasteiger partial charge in [-0.2, -0.15) is 13.2 Å². The lowest BCUT2D eigenvalue weighted by Gasteiger charge is -2.33. The molecule has 0 N–H and O–H groups in total. The number of anilines is 1. The largest absolute Gasteiger partial charge is 0.417 e. The van der Waals surface area contributed by atoms with Crippen molar-refractivity contribution in [2.45, 2.75) is 12.1 Å². The molecule has 4 aromatic rings. The molecule has 164 valence electrons. The van der Waals surface area contributed by atoms with Gasteiger partial charge in [0.2, 0.25) is 5.91 Å². The highest BCUT2D eigenvalue weighted by atomic mass is 35.5. The second-order valence-corrected chi connectivity index (χ2v) is 7.88. The summed E-state index contributed by atoms with van der Waals surface area (Å²) in [6.07, 6.45) is -2.48. The highest BCUT2D eigenvalue weighted by Gasteiger charge is 2.44. The van der Waals surface area contributed by atoms with Crippen LogP contribution in [0.25, 0.3) is 10.9 Å². The van der Waals surface area contributed by atoms with E-state index in [-0.39, 0.29) is 27.5 Å². The summed E-state index contributed by atoms with van der Waals surface area (Å²) in [5, 5.41) is 0.882. The molecule has 3 heterocycles. The summed E-state index contributed by atoms with van der Waals surface area (Å²) in [5.74, 6) is -2.77. The summed E-state index contributed by atoms with van der Waals surface area (Å²) in [7, 11) is 0. The van der Waals surface area contributed by atoms with Crippen molar-refractivity contribution in [1.82, 2.24) is 9.97 Å². The number of hydrogen-bond donors (Lipinski definition) is 0. The zero-order valence-electron chi connectivity index (χ0n) is 16.7. The van der Waals surface area contributed by atoms with Gasteiger partial charge in [0.05, 0.1) is 22.7 Å². The summed E-state index contributed by atoms with van der Waals surface area (Å²) in [6.45, 7) is 0. The molecule has 1 unspecified atom stereocenters. The van der Waals surface area contributed by atoms with Crippen molar-refractivity contribution in [2.24, 2.45) is 0 Å². The summed E-state index contributed by atoms with van der Waals surface area (Å²) < 4.78 is 40.2. The zero-order chi connectivity index (χ0) is 23.3. The van der Waals surface area contributed by atoms with Crippen LogP contribution in [0.15, 0.2) is 73.1 Å². The first-order chi connectivity index (χ1) is 15.8. The minimum Gasteiger partial charge on any atom is -0.273 e. The van der Waals surface area contributed by atoms with Gasteiger partial charge in [-0.05, 0) is 42.0 Å². The highest BCUT2D eigenvalue weighted by Crippen LogP contribution is 2.41. The van der Waals surface area contributed by atoms with Crippen LogP contribution >= 0.6 is 11.6 Å². The second kappa shape index (κ2) is 7.67. The van der Waals surface area contributed by atoms with E-state index in [1.165, 1.54) is 6.07 Å². The predicted molar refractivity (Wildman–Crippen MR) is 116 cm³/mol. The van der Waals surface area contributed by atoms with E-state index in [9.17, 15) is 22.8 Å². The number of pyridine rings is 2. The molecule has 0 saturated carbocycles. The maximum Gasteiger partial charge on any atom is 0.417 e. The summed E-state index contributed by atoms with van der Waals surface area (Å²) in [6, 6.07) is 15.5. The third-order valence-electron chi connectivity index (χ3n) is 5.49. The number of nitrogens with zero attached hydrogens (tertiary/aromatic N) is 3. The van der Waals surface area contributed by atoms with Crippen molar-refractivity contribution in [3.05, 3.63) is 100 Å². The Labute approximate surface area is 190 Å². The van der Waals surface area contributed by atoms with Crippen molar-refractivity contribution in [3.8, 4) is 0 Å². The Morgan fingerprint density at radius 3 is 2.45 bits per heavy atom. The Hall–Kier alpha value is -3.78. The first kappa shape index (κ1) is 21.1. The molecular formula is C24H13ClF3N3O2. The van der Waals surface area contributed by atoms with Gasteiger partial charge in [-0.1, -0.05) is 35.9 Å². The second-order valence-electron chi connectivity index (χ2n) is 7.47. The van der Waals surface area contributed by atoms with Crippen molar-refractivity contribution < 1.29 is 22.8 Å². The van der Waals surface area contributed by atoms with Crippen LogP contribution in [0.3, 0.4) is 0 Å². The van der Waals surface area contributed by atoms with Crippen LogP contribution in [0.4, 0.5) is 18.9 Å². The van der Waals surface area contributed by atoms with Gasteiger partial charge in [-0.25, -0.2) is 4.90 Å². The van der Waals surface area contributed by atoms with E-state index < -0.39 is 29.5 Å². The number of rotatable bonds is 2. The number of halogens is 4. The van der Waals surface area contributed by atoms with Gasteiger partial charge in [-0.3, -0.25) is 19.6 Å². The smallest absolute Gasteiger partial charge is 0.273 e. The van der Waals surface area contributed by atoms with Crippen molar-refractivity contribution in [3.63, 3.8) is 0 Å². The molecule has 33 heavy (non-hydrogen) atoms. The van der Waals surface area contributed by atoms with Gasteiger partial charge in [0, 0.05) is 28.4 Å². The Morgan fingerprint density at radius 2 is 1.70 bits per heavy atom. The number of amides is 2. The van der Waals surface area contributed by atoms with Crippen LogP contribution in [0.5, 0.6) is 0 Å². The average Bonchev–Trinajstić information content (AvgIpc) is 2.79.